The molecule has 2 saturated carbocycles. The number of aromatic hydroxyl groups is 1. The number of aromatic nitrogens is 1. The maximum Gasteiger partial charge on any atom is 0.115 e. The van der Waals surface area contributed by atoms with Gasteiger partial charge in [0.2, 0.25) is 0 Å². The molecule has 140 valence electrons. The number of benzene rings is 1. The zero-order chi connectivity index (χ0) is 18.6. The average Bonchev–Trinajstić information content (AvgIpc) is 2.93. The van der Waals surface area contributed by atoms with Crippen LogP contribution in [0, 0.1) is 17.3 Å². The minimum Gasteiger partial charge on any atom is -0.508 e. The van der Waals surface area contributed by atoms with Crippen LogP contribution in [0.2, 0.25) is 0 Å². The van der Waals surface area contributed by atoms with E-state index in [1.807, 2.05) is 36.5 Å². The van der Waals surface area contributed by atoms with Gasteiger partial charge >= 0.3 is 0 Å². The van der Waals surface area contributed by atoms with Crippen LogP contribution in [0.15, 0.2) is 48.2 Å². The third-order valence-electron chi connectivity index (χ3n) is 7.60. The van der Waals surface area contributed by atoms with Gasteiger partial charge in [0.1, 0.15) is 5.75 Å². The van der Waals surface area contributed by atoms with Crippen molar-refractivity contribution in [1.29, 1.82) is 0 Å². The molecule has 2 N–H and O–H groups in total. The second-order valence-corrected chi connectivity index (χ2v) is 8.92. The van der Waals surface area contributed by atoms with Crippen molar-refractivity contribution >= 4 is 6.08 Å². The summed E-state index contributed by atoms with van der Waals surface area (Å²) in [7, 11) is 0. The molecule has 0 radical (unpaired) electrons. The third kappa shape index (κ3) is 2.63. The van der Waals surface area contributed by atoms with E-state index in [0.29, 0.717) is 23.5 Å². The van der Waals surface area contributed by atoms with Gasteiger partial charge in [0.25, 0.3) is 0 Å². The van der Waals surface area contributed by atoms with Crippen LogP contribution in [0.3, 0.4) is 0 Å². The average molecular weight is 361 g/mol. The molecule has 5 atom stereocenters. The van der Waals surface area contributed by atoms with Crippen LogP contribution >= 0.6 is 0 Å². The Morgan fingerprint density at radius 3 is 2.89 bits per heavy atom. The zero-order valence-corrected chi connectivity index (χ0v) is 15.8. The fraction of sp³-hybridized carbons (Fsp3) is 0.458. The molecule has 0 bridgehead atoms. The summed E-state index contributed by atoms with van der Waals surface area (Å²) in [5.74, 6) is 2.08. The summed E-state index contributed by atoms with van der Waals surface area (Å²) in [6.07, 6.45) is 8.90. The van der Waals surface area contributed by atoms with Gasteiger partial charge in [-0.25, -0.2) is 0 Å². The Hall–Kier alpha value is -2.13. The van der Waals surface area contributed by atoms with Crippen LogP contribution in [-0.4, -0.2) is 21.3 Å². The lowest BCUT2D eigenvalue weighted by Gasteiger charge is -2.49. The molecule has 27 heavy (non-hydrogen) atoms. The Kier molecular flexibility index (Phi) is 3.90. The monoisotopic (exact) mass is 361 g/mol. The van der Waals surface area contributed by atoms with Gasteiger partial charge in [0, 0.05) is 11.6 Å². The molecule has 2 fully saturated rings. The van der Waals surface area contributed by atoms with Gasteiger partial charge in [0.15, 0.2) is 0 Å². The van der Waals surface area contributed by atoms with Crippen molar-refractivity contribution in [2.45, 2.75) is 51.0 Å². The van der Waals surface area contributed by atoms with E-state index < -0.39 is 0 Å². The summed E-state index contributed by atoms with van der Waals surface area (Å²) in [6, 6.07) is 11.9. The van der Waals surface area contributed by atoms with Crippen molar-refractivity contribution in [1.82, 2.24) is 4.98 Å². The number of nitrogens with zero attached hydrogens (tertiary/aromatic N) is 1. The number of phenols is 1. The molecule has 3 unspecified atom stereocenters. The van der Waals surface area contributed by atoms with Crippen molar-refractivity contribution in [2.24, 2.45) is 17.3 Å². The first kappa shape index (κ1) is 17.0. The van der Waals surface area contributed by atoms with Crippen molar-refractivity contribution in [3.05, 3.63) is 65.0 Å². The highest BCUT2D eigenvalue weighted by Crippen LogP contribution is 2.62. The Morgan fingerprint density at radius 1 is 1.19 bits per heavy atom. The lowest BCUT2D eigenvalue weighted by Crippen LogP contribution is -2.44. The Labute approximate surface area is 160 Å². The quantitative estimate of drug-likeness (QED) is 0.774. The number of hydrogen-bond acceptors (Lipinski definition) is 3. The molecule has 3 heteroatoms. The van der Waals surface area contributed by atoms with Gasteiger partial charge < -0.3 is 10.2 Å². The largest absolute Gasteiger partial charge is 0.508 e. The number of rotatable bonds is 1. The van der Waals surface area contributed by atoms with Crippen LogP contribution < -0.4 is 0 Å². The predicted octanol–water partition coefficient (Wildman–Crippen LogP) is 4.70. The van der Waals surface area contributed by atoms with Crippen molar-refractivity contribution in [3.8, 4) is 5.75 Å². The number of aliphatic hydroxyl groups excluding tert-OH is 1. The molecule has 3 aliphatic rings. The van der Waals surface area contributed by atoms with E-state index in [4.69, 9.17) is 0 Å². The number of pyridine rings is 1. The highest BCUT2D eigenvalue weighted by atomic mass is 16.3. The molecular formula is C24H27NO2. The smallest absolute Gasteiger partial charge is 0.115 e. The SMILES string of the molecule is C[C@]12CCC3c4ccc(O)cc4CCC3C1C/C(=C\c1ccccn1)[C@@H]2O. The van der Waals surface area contributed by atoms with Crippen LogP contribution in [0.5, 0.6) is 5.75 Å². The molecule has 1 aromatic heterocycles. The fourth-order valence-electron chi connectivity index (χ4n) is 6.22. The first-order valence-electron chi connectivity index (χ1n) is 10.2. The van der Waals surface area contributed by atoms with Crippen LogP contribution in [0.25, 0.3) is 6.08 Å². The maximum atomic E-state index is 11.2. The molecule has 1 aromatic carbocycles. The number of fused-ring (bicyclic) bond motifs is 5. The fourth-order valence-corrected chi connectivity index (χ4v) is 6.22. The predicted molar refractivity (Wildman–Crippen MR) is 106 cm³/mol. The van der Waals surface area contributed by atoms with E-state index >= 15 is 0 Å². The second kappa shape index (κ2) is 6.20. The number of aryl methyl sites for hydroxylation is 1. The van der Waals surface area contributed by atoms with Crippen LogP contribution in [-0.2, 0) is 6.42 Å². The third-order valence-corrected chi connectivity index (χ3v) is 7.60. The van der Waals surface area contributed by atoms with E-state index in [1.165, 1.54) is 11.1 Å². The van der Waals surface area contributed by atoms with Gasteiger partial charge in [0.05, 0.1) is 11.8 Å². The van der Waals surface area contributed by atoms with Gasteiger partial charge in [-0.15, -0.1) is 0 Å². The van der Waals surface area contributed by atoms with Gasteiger partial charge in [-0.1, -0.05) is 19.1 Å². The molecule has 0 saturated heterocycles. The number of hydrogen-bond donors (Lipinski definition) is 2. The summed E-state index contributed by atoms with van der Waals surface area (Å²) in [4.78, 5) is 4.43. The molecule has 3 nitrogen and oxygen atoms in total. The minimum absolute atomic E-state index is 0.0315. The molecule has 2 aromatic rings. The van der Waals surface area contributed by atoms with Crippen LogP contribution in [0.4, 0.5) is 0 Å². The van der Waals surface area contributed by atoms with E-state index in [-0.39, 0.29) is 11.5 Å². The molecule has 0 spiro atoms. The van der Waals surface area contributed by atoms with E-state index in [2.05, 4.69) is 24.1 Å². The zero-order valence-electron chi connectivity index (χ0n) is 15.8. The molecule has 3 aliphatic carbocycles. The number of aliphatic hydroxyl groups is 1. The molecule has 0 aliphatic heterocycles. The highest BCUT2D eigenvalue weighted by Gasteiger charge is 2.56. The van der Waals surface area contributed by atoms with Gasteiger partial charge in [-0.05, 0) is 96.9 Å². The molecule has 0 amide bonds. The topological polar surface area (TPSA) is 53.4 Å². The van der Waals surface area contributed by atoms with Crippen molar-refractivity contribution < 1.29 is 10.2 Å². The van der Waals surface area contributed by atoms with Gasteiger partial charge in [-0.3, -0.25) is 4.98 Å². The number of phenolic OH excluding ortho intramolecular Hbond substituents is 1. The van der Waals surface area contributed by atoms with Crippen LogP contribution in [0.1, 0.15) is 55.3 Å². The lowest BCUT2D eigenvalue weighted by atomic mass is 9.55. The van der Waals surface area contributed by atoms with E-state index in [1.54, 1.807) is 0 Å². The Bertz CT molecular complexity index is 891. The second-order valence-electron chi connectivity index (χ2n) is 8.92. The molecular weight excluding hydrogens is 334 g/mol. The maximum absolute atomic E-state index is 11.2. The van der Waals surface area contributed by atoms with Gasteiger partial charge in [-0.2, -0.15) is 0 Å². The van der Waals surface area contributed by atoms with E-state index in [9.17, 15) is 10.2 Å². The normalized spacial score (nSPS) is 36.1. The summed E-state index contributed by atoms with van der Waals surface area (Å²) >= 11 is 0. The standard InChI is InChI=1S/C24H27NO2/c1-24-10-9-20-19-8-6-18(26)13-15(19)5-7-21(20)22(24)14-16(23(24)27)12-17-4-2-3-11-25-17/h2-4,6,8,11-13,20-23,26-27H,5,7,9-10,14H2,1H3/b16-12+/t20?,21?,22?,23-,24-/m0/s1. The summed E-state index contributed by atoms with van der Waals surface area (Å²) < 4.78 is 0. The van der Waals surface area contributed by atoms with E-state index in [0.717, 1.165) is 43.4 Å². The van der Waals surface area contributed by atoms with Crippen molar-refractivity contribution in [3.63, 3.8) is 0 Å². The summed E-state index contributed by atoms with van der Waals surface area (Å²) in [5, 5.41) is 21.0. The van der Waals surface area contributed by atoms with Crippen molar-refractivity contribution in [2.75, 3.05) is 0 Å². The molecule has 5 rings (SSSR count). The minimum atomic E-state index is -0.369. The summed E-state index contributed by atoms with van der Waals surface area (Å²) in [6.45, 7) is 2.30. The Balaban J connectivity index is 1.49. The first-order valence-corrected chi connectivity index (χ1v) is 10.2. The highest BCUT2D eigenvalue weighted by molar-refractivity contribution is 5.52. The summed E-state index contributed by atoms with van der Waals surface area (Å²) in [5.41, 5.74) is 4.81. The Morgan fingerprint density at radius 2 is 2.07 bits per heavy atom. The first-order chi connectivity index (χ1) is 13.1. The lowest BCUT2D eigenvalue weighted by molar-refractivity contribution is -0.0158. The molecule has 1 heterocycles.